The number of nitrogens with one attached hydrogen (secondary N) is 1. The van der Waals surface area contributed by atoms with Crippen LogP contribution in [0.3, 0.4) is 0 Å². The molecule has 6 heteroatoms. The second-order valence-electron chi connectivity index (χ2n) is 4.69. The van der Waals surface area contributed by atoms with Crippen molar-refractivity contribution in [1.82, 2.24) is 5.32 Å². The van der Waals surface area contributed by atoms with Gasteiger partial charge in [0.1, 0.15) is 0 Å². The van der Waals surface area contributed by atoms with E-state index in [0.29, 0.717) is 22.2 Å². The molecule has 4 nitrogen and oxygen atoms in total. The van der Waals surface area contributed by atoms with Crippen molar-refractivity contribution in [1.29, 1.82) is 0 Å². The van der Waals surface area contributed by atoms with Gasteiger partial charge in [-0.25, -0.2) is 0 Å². The van der Waals surface area contributed by atoms with Crippen LogP contribution in [-0.2, 0) is 6.54 Å². The Bertz CT molecular complexity index is 662. The Morgan fingerprint density at radius 3 is 2.57 bits per heavy atom. The summed E-state index contributed by atoms with van der Waals surface area (Å²) in [6.07, 6.45) is 0. The number of hydrogen-bond acceptors (Lipinski definition) is 3. The van der Waals surface area contributed by atoms with E-state index in [9.17, 15) is 10.1 Å². The van der Waals surface area contributed by atoms with Gasteiger partial charge in [0.2, 0.25) is 0 Å². The van der Waals surface area contributed by atoms with Gasteiger partial charge in [0.25, 0.3) is 5.69 Å². The quantitative estimate of drug-likeness (QED) is 0.637. The number of halogens is 2. The molecule has 2 rings (SSSR count). The van der Waals surface area contributed by atoms with Gasteiger partial charge in [0.15, 0.2) is 0 Å². The van der Waals surface area contributed by atoms with Crippen molar-refractivity contribution >= 4 is 28.9 Å². The van der Waals surface area contributed by atoms with Crippen molar-refractivity contribution < 1.29 is 4.92 Å². The molecule has 0 saturated heterocycles. The monoisotopic (exact) mass is 324 g/mol. The maximum atomic E-state index is 11.0. The molecule has 0 radical (unpaired) electrons. The van der Waals surface area contributed by atoms with Gasteiger partial charge in [-0.05, 0) is 36.8 Å². The molecule has 0 aromatic heterocycles. The van der Waals surface area contributed by atoms with Crippen molar-refractivity contribution in [2.24, 2.45) is 0 Å². The van der Waals surface area contributed by atoms with Crippen LogP contribution in [0.2, 0.25) is 10.0 Å². The SMILES string of the molecule is C[C@@H](NCc1ccc(Cl)cc1[N+](=O)[O-])c1cccc(Cl)c1. The molecule has 2 aromatic rings. The molecule has 0 fully saturated rings. The van der Waals surface area contributed by atoms with Crippen molar-refractivity contribution in [3.8, 4) is 0 Å². The Kier molecular flexibility index (Phi) is 5.17. The molecule has 1 atom stereocenters. The highest BCUT2D eigenvalue weighted by Crippen LogP contribution is 2.24. The third-order valence-electron chi connectivity index (χ3n) is 3.19. The van der Waals surface area contributed by atoms with Crippen LogP contribution in [0.4, 0.5) is 5.69 Å². The van der Waals surface area contributed by atoms with Crippen LogP contribution in [0.1, 0.15) is 24.1 Å². The van der Waals surface area contributed by atoms with Gasteiger partial charge in [0.05, 0.1) is 4.92 Å². The average Bonchev–Trinajstić information content (AvgIpc) is 2.45. The van der Waals surface area contributed by atoms with Crippen molar-refractivity contribution in [3.05, 3.63) is 73.8 Å². The molecule has 0 aliphatic carbocycles. The van der Waals surface area contributed by atoms with E-state index in [4.69, 9.17) is 23.2 Å². The first-order valence-electron chi connectivity index (χ1n) is 6.39. The zero-order chi connectivity index (χ0) is 15.4. The topological polar surface area (TPSA) is 55.2 Å². The fourth-order valence-electron chi connectivity index (χ4n) is 2.01. The Morgan fingerprint density at radius 2 is 1.90 bits per heavy atom. The van der Waals surface area contributed by atoms with Crippen LogP contribution in [0, 0.1) is 10.1 Å². The Morgan fingerprint density at radius 1 is 1.19 bits per heavy atom. The number of nitro benzene ring substituents is 1. The third kappa shape index (κ3) is 4.17. The highest BCUT2D eigenvalue weighted by Gasteiger charge is 2.15. The lowest BCUT2D eigenvalue weighted by Crippen LogP contribution is -2.18. The average molecular weight is 325 g/mol. The normalized spacial score (nSPS) is 12.1. The number of nitro groups is 1. The molecule has 0 amide bonds. The Labute approximate surface area is 132 Å². The summed E-state index contributed by atoms with van der Waals surface area (Å²) in [7, 11) is 0. The van der Waals surface area contributed by atoms with Crippen LogP contribution in [0.25, 0.3) is 0 Å². The summed E-state index contributed by atoms with van der Waals surface area (Å²) < 4.78 is 0. The lowest BCUT2D eigenvalue weighted by Gasteiger charge is -2.14. The van der Waals surface area contributed by atoms with Crippen LogP contribution >= 0.6 is 23.2 Å². The molecule has 2 aromatic carbocycles. The molecule has 1 N–H and O–H groups in total. The standard InChI is InChI=1S/C15H14Cl2N2O2/c1-10(11-3-2-4-13(16)7-11)18-9-12-5-6-14(17)8-15(12)19(20)21/h2-8,10,18H,9H2,1H3/t10-/m1/s1. The Balaban J connectivity index is 2.11. The van der Waals surface area contributed by atoms with E-state index < -0.39 is 4.92 Å². The molecule has 0 saturated carbocycles. The van der Waals surface area contributed by atoms with E-state index in [1.54, 1.807) is 12.1 Å². The van der Waals surface area contributed by atoms with Gasteiger partial charge in [0, 0.05) is 34.3 Å². The number of benzene rings is 2. The number of nitrogens with zero attached hydrogens (tertiary/aromatic N) is 1. The van der Waals surface area contributed by atoms with E-state index >= 15 is 0 Å². The first kappa shape index (κ1) is 15.8. The van der Waals surface area contributed by atoms with Crippen molar-refractivity contribution in [2.45, 2.75) is 19.5 Å². The molecule has 0 aliphatic rings. The summed E-state index contributed by atoms with van der Waals surface area (Å²) in [5.74, 6) is 0. The van der Waals surface area contributed by atoms with Crippen LogP contribution in [-0.4, -0.2) is 4.92 Å². The first-order valence-corrected chi connectivity index (χ1v) is 7.14. The minimum Gasteiger partial charge on any atom is -0.306 e. The molecule has 0 spiro atoms. The fourth-order valence-corrected chi connectivity index (χ4v) is 2.38. The lowest BCUT2D eigenvalue weighted by molar-refractivity contribution is -0.385. The largest absolute Gasteiger partial charge is 0.306 e. The second kappa shape index (κ2) is 6.89. The first-order chi connectivity index (χ1) is 9.97. The highest BCUT2D eigenvalue weighted by atomic mass is 35.5. The van der Waals surface area contributed by atoms with E-state index in [0.717, 1.165) is 5.56 Å². The maximum Gasteiger partial charge on any atom is 0.275 e. The molecule has 110 valence electrons. The second-order valence-corrected chi connectivity index (χ2v) is 5.56. The molecule has 0 heterocycles. The van der Waals surface area contributed by atoms with Crippen LogP contribution in [0.15, 0.2) is 42.5 Å². The van der Waals surface area contributed by atoms with E-state index in [-0.39, 0.29) is 11.7 Å². The van der Waals surface area contributed by atoms with Gasteiger partial charge in [-0.2, -0.15) is 0 Å². The van der Waals surface area contributed by atoms with Gasteiger partial charge in [-0.3, -0.25) is 10.1 Å². The molecule has 0 unspecified atom stereocenters. The predicted molar refractivity (Wildman–Crippen MR) is 84.8 cm³/mol. The molecular weight excluding hydrogens is 311 g/mol. The summed E-state index contributed by atoms with van der Waals surface area (Å²) in [4.78, 5) is 10.6. The zero-order valence-corrected chi connectivity index (χ0v) is 12.9. The zero-order valence-electron chi connectivity index (χ0n) is 11.3. The van der Waals surface area contributed by atoms with Gasteiger partial charge in [-0.15, -0.1) is 0 Å². The summed E-state index contributed by atoms with van der Waals surface area (Å²) in [5, 5.41) is 15.3. The van der Waals surface area contributed by atoms with Crippen molar-refractivity contribution in [3.63, 3.8) is 0 Å². The van der Waals surface area contributed by atoms with Crippen LogP contribution < -0.4 is 5.32 Å². The van der Waals surface area contributed by atoms with Gasteiger partial charge >= 0.3 is 0 Å². The molecule has 21 heavy (non-hydrogen) atoms. The minimum atomic E-state index is -0.424. The number of hydrogen-bond donors (Lipinski definition) is 1. The third-order valence-corrected chi connectivity index (χ3v) is 3.66. The summed E-state index contributed by atoms with van der Waals surface area (Å²) in [6.45, 7) is 2.36. The lowest BCUT2D eigenvalue weighted by atomic mass is 10.1. The summed E-state index contributed by atoms with van der Waals surface area (Å²) in [6, 6.07) is 12.2. The van der Waals surface area contributed by atoms with Crippen molar-refractivity contribution in [2.75, 3.05) is 0 Å². The van der Waals surface area contributed by atoms with E-state index in [2.05, 4.69) is 5.32 Å². The highest BCUT2D eigenvalue weighted by molar-refractivity contribution is 6.31. The maximum absolute atomic E-state index is 11.0. The predicted octanol–water partition coefficient (Wildman–Crippen LogP) is 4.75. The Hall–Kier alpha value is -1.62. The summed E-state index contributed by atoms with van der Waals surface area (Å²) >= 11 is 11.8. The molecule has 0 aliphatic heterocycles. The summed E-state index contributed by atoms with van der Waals surface area (Å²) in [5.41, 5.74) is 1.64. The van der Waals surface area contributed by atoms with Gasteiger partial charge < -0.3 is 5.32 Å². The van der Waals surface area contributed by atoms with E-state index in [1.807, 2.05) is 31.2 Å². The fraction of sp³-hybridized carbons (Fsp3) is 0.200. The smallest absolute Gasteiger partial charge is 0.275 e. The van der Waals surface area contributed by atoms with Gasteiger partial charge in [-0.1, -0.05) is 35.3 Å². The molecular formula is C15H14Cl2N2O2. The van der Waals surface area contributed by atoms with Crippen LogP contribution in [0.5, 0.6) is 0 Å². The minimum absolute atomic E-state index is 0.0216. The van der Waals surface area contributed by atoms with E-state index in [1.165, 1.54) is 6.07 Å². The molecule has 0 bridgehead atoms. The number of rotatable bonds is 5.